The molecule has 0 unspecified atom stereocenters. The number of carbonyl (C=O) groups excluding carboxylic acids is 1. The molecule has 1 aliphatic heterocycles. The van der Waals surface area contributed by atoms with E-state index in [-0.39, 0.29) is 18.7 Å². The molecule has 0 spiro atoms. The molecular weight excluding hydrogens is 256 g/mol. The van der Waals surface area contributed by atoms with Gasteiger partial charge in [0.15, 0.2) is 0 Å². The van der Waals surface area contributed by atoms with Crippen LogP contribution in [0.5, 0.6) is 0 Å². The molecule has 108 valence electrons. The third kappa shape index (κ3) is 4.33. The van der Waals surface area contributed by atoms with Crippen LogP contribution in [0.4, 0.5) is 0 Å². The highest BCUT2D eigenvalue weighted by Crippen LogP contribution is 2.21. The fourth-order valence-electron chi connectivity index (χ4n) is 2.61. The van der Waals surface area contributed by atoms with Gasteiger partial charge in [0.25, 0.3) is 0 Å². The van der Waals surface area contributed by atoms with Gasteiger partial charge >= 0.3 is 5.97 Å². The molecule has 0 radical (unpaired) electrons. The molecule has 2 rings (SSSR count). The Balaban J connectivity index is 1.75. The summed E-state index contributed by atoms with van der Waals surface area (Å²) in [5, 5.41) is 8.59. The van der Waals surface area contributed by atoms with Crippen LogP contribution in [0.25, 0.3) is 0 Å². The number of hydrogen-bond donors (Lipinski definition) is 1. The van der Waals surface area contributed by atoms with E-state index in [9.17, 15) is 9.59 Å². The summed E-state index contributed by atoms with van der Waals surface area (Å²) in [5.41, 5.74) is 1.24. The van der Waals surface area contributed by atoms with Crippen LogP contribution in [0.2, 0.25) is 0 Å². The number of carboxylic acids is 1. The van der Waals surface area contributed by atoms with Gasteiger partial charge in [-0.3, -0.25) is 14.6 Å². The van der Waals surface area contributed by atoms with Crippen LogP contribution in [0, 0.1) is 5.92 Å². The standard InChI is InChI=1S/C15H20N2O3/c18-14(3-4-15(19)20)17-8-5-12(6-9-17)10-13-2-1-7-16-11-13/h1-2,7,11-12H,3-6,8-10H2,(H,19,20). The number of nitrogens with zero attached hydrogens (tertiary/aromatic N) is 2. The minimum Gasteiger partial charge on any atom is -0.481 e. The SMILES string of the molecule is O=C(O)CCC(=O)N1CCC(Cc2cccnc2)CC1. The summed E-state index contributed by atoms with van der Waals surface area (Å²) in [7, 11) is 0. The van der Waals surface area contributed by atoms with Crippen LogP contribution < -0.4 is 0 Å². The van der Waals surface area contributed by atoms with Gasteiger partial charge in [0.05, 0.1) is 6.42 Å². The zero-order chi connectivity index (χ0) is 14.4. The number of carbonyl (C=O) groups is 2. The molecule has 0 atom stereocenters. The Morgan fingerprint density at radius 3 is 2.65 bits per heavy atom. The zero-order valence-corrected chi connectivity index (χ0v) is 11.5. The van der Waals surface area contributed by atoms with E-state index >= 15 is 0 Å². The van der Waals surface area contributed by atoms with Crippen LogP contribution in [-0.4, -0.2) is 40.0 Å². The number of hydrogen-bond acceptors (Lipinski definition) is 3. The van der Waals surface area contributed by atoms with Crippen LogP contribution in [0.3, 0.4) is 0 Å². The van der Waals surface area contributed by atoms with Crippen LogP contribution in [0.15, 0.2) is 24.5 Å². The van der Waals surface area contributed by atoms with Gasteiger partial charge in [-0.15, -0.1) is 0 Å². The molecule has 2 heterocycles. The molecule has 1 aromatic heterocycles. The molecule has 20 heavy (non-hydrogen) atoms. The van der Waals surface area contributed by atoms with E-state index in [0.717, 1.165) is 32.4 Å². The molecular formula is C15H20N2O3. The van der Waals surface area contributed by atoms with E-state index in [0.29, 0.717) is 5.92 Å². The molecule has 1 fully saturated rings. The van der Waals surface area contributed by atoms with E-state index in [1.165, 1.54) is 5.56 Å². The van der Waals surface area contributed by atoms with Crippen LogP contribution in [-0.2, 0) is 16.0 Å². The molecule has 1 aromatic rings. The average Bonchev–Trinajstić information content (AvgIpc) is 2.46. The predicted molar refractivity (Wildman–Crippen MR) is 74.1 cm³/mol. The van der Waals surface area contributed by atoms with Crippen molar-refractivity contribution in [2.75, 3.05) is 13.1 Å². The highest BCUT2D eigenvalue weighted by molar-refractivity contribution is 5.80. The van der Waals surface area contributed by atoms with E-state index in [1.54, 1.807) is 11.1 Å². The van der Waals surface area contributed by atoms with Crippen molar-refractivity contribution in [1.82, 2.24) is 9.88 Å². The number of rotatable bonds is 5. The normalized spacial score (nSPS) is 16.1. The number of aliphatic carboxylic acids is 1. The first-order chi connectivity index (χ1) is 9.65. The highest BCUT2D eigenvalue weighted by Gasteiger charge is 2.23. The summed E-state index contributed by atoms with van der Waals surface area (Å²) in [6.07, 6.45) is 6.67. The zero-order valence-electron chi connectivity index (χ0n) is 11.5. The van der Waals surface area contributed by atoms with Crippen molar-refractivity contribution >= 4 is 11.9 Å². The molecule has 0 bridgehead atoms. The summed E-state index contributed by atoms with van der Waals surface area (Å²) in [4.78, 5) is 28.2. The van der Waals surface area contributed by atoms with Gasteiger partial charge in [-0.1, -0.05) is 6.07 Å². The second kappa shape index (κ2) is 7.03. The summed E-state index contributed by atoms with van der Waals surface area (Å²) in [6.45, 7) is 1.48. The minimum absolute atomic E-state index is 0.0350. The maximum atomic E-state index is 11.8. The molecule has 1 saturated heterocycles. The Morgan fingerprint density at radius 2 is 2.05 bits per heavy atom. The fraction of sp³-hybridized carbons (Fsp3) is 0.533. The molecule has 0 aliphatic carbocycles. The third-order valence-corrected chi connectivity index (χ3v) is 3.77. The Hall–Kier alpha value is -1.91. The van der Waals surface area contributed by atoms with Crippen molar-refractivity contribution in [3.8, 4) is 0 Å². The number of carboxylic acid groups (broad SMARTS) is 1. The average molecular weight is 276 g/mol. The Bertz CT molecular complexity index is 453. The van der Waals surface area contributed by atoms with Crippen molar-refractivity contribution in [3.63, 3.8) is 0 Å². The lowest BCUT2D eigenvalue weighted by Gasteiger charge is -2.32. The quantitative estimate of drug-likeness (QED) is 0.889. The second-order valence-corrected chi connectivity index (χ2v) is 5.28. The van der Waals surface area contributed by atoms with E-state index < -0.39 is 5.97 Å². The van der Waals surface area contributed by atoms with Gasteiger partial charge in [0.2, 0.25) is 5.91 Å². The molecule has 0 saturated carbocycles. The minimum atomic E-state index is -0.912. The van der Waals surface area contributed by atoms with Crippen molar-refractivity contribution in [3.05, 3.63) is 30.1 Å². The van der Waals surface area contributed by atoms with Gasteiger partial charge in [-0.05, 0) is 36.8 Å². The number of pyridine rings is 1. The lowest BCUT2D eigenvalue weighted by atomic mass is 9.90. The van der Waals surface area contributed by atoms with Crippen molar-refractivity contribution in [1.29, 1.82) is 0 Å². The van der Waals surface area contributed by atoms with Crippen molar-refractivity contribution in [2.24, 2.45) is 5.92 Å². The lowest BCUT2D eigenvalue weighted by Crippen LogP contribution is -2.39. The maximum Gasteiger partial charge on any atom is 0.303 e. The molecule has 1 aliphatic rings. The van der Waals surface area contributed by atoms with Gasteiger partial charge in [-0.25, -0.2) is 0 Å². The van der Waals surface area contributed by atoms with Crippen LogP contribution in [0.1, 0.15) is 31.2 Å². The number of amides is 1. The van der Waals surface area contributed by atoms with E-state index in [4.69, 9.17) is 5.11 Å². The fourth-order valence-corrected chi connectivity index (χ4v) is 2.61. The molecule has 1 amide bonds. The summed E-state index contributed by atoms with van der Waals surface area (Å²) in [6, 6.07) is 4.03. The first kappa shape index (κ1) is 14.5. The van der Waals surface area contributed by atoms with Crippen molar-refractivity contribution < 1.29 is 14.7 Å². The first-order valence-corrected chi connectivity index (χ1v) is 7.03. The lowest BCUT2D eigenvalue weighted by molar-refractivity contribution is -0.141. The third-order valence-electron chi connectivity index (χ3n) is 3.77. The van der Waals surface area contributed by atoms with Gasteiger partial charge < -0.3 is 10.0 Å². The van der Waals surface area contributed by atoms with E-state index in [2.05, 4.69) is 11.1 Å². The first-order valence-electron chi connectivity index (χ1n) is 7.03. The number of piperidine rings is 1. The molecule has 5 heteroatoms. The molecule has 5 nitrogen and oxygen atoms in total. The molecule has 1 N–H and O–H groups in total. The summed E-state index contributed by atoms with van der Waals surface area (Å²) < 4.78 is 0. The number of aromatic nitrogens is 1. The monoisotopic (exact) mass is 276 g/mol. The molecule has 0 aromatic carbocycles. The van der Waals surface area contributed by atoms with Crippen LogP contribution >= 0.6 is 0 Å². The van der Waals surface area contributed by atoms with E-state index in [1.807, 2.05) is 12.3 Å². The maximum absolute atomic E-state index is 11.8. The number of likely N-dealkylation sites (tertiary alicyclic amines) is 1. The predicted octanol–water partition coefficient (Wildman–Crippen LogP) is 1.73. The van der Waals surface area contributed by atoms with Gasteiger partial charge in [0.1, 0.15) is 0 Å². The smallest absolute Gasteiger partial charge is 0.303 e. The highest BCUT2D eigenvalue weighted by atomic mass is 16.4. The second-order valence-electron chi connectivity index (χ2n) is 5.28. The topological polar surface area (TPSA) is 70.5 Å². The van der Waals surface area contributed by atoms with Gasteiger partial charge in [-0.2, -0.15) is 0 Å². The summed E-state index contributed by atoms with van der Waals surface area (Å²) >= 11 is 0. The Kier molecular flexibility index (Phi) is 5.09. The Morgan fingerprint density at radius 1 is 1.30 bits per heavy atom. The Labute approximate surface area is 118 Å². The van der Waals surface area contributed by atoms with Gasteiger partial charge in [0, 0.05) is 31.9 Å². The van der Waals surface area contributed by atoms with Crippen molar-refractivity contribution in [2.45, 2.75) is 32.1 Å². The summed E-state index contributed by atoms with van der Waals surface area (Å²) in [5.74, 6) is -0.361. The largest absolute Gasteiger partial charge is 0.481 e.